The first-order chi connectivity index (χ1) is 33.2. The number of rotatable bonds is 12. The van der Waals surface area contributed by atoms with Crippen LogP contribution in [0, 0.1) is 5.41 Å². The van der Waals surface area contributed by atoms with E-state index < -0.39 is 23.5 Å². The van der Waals surface area contributed by atoms with Gasteiger partial charge in [0.2, 0.25) is 30.0 Å². The zero-order chi connectivity index (χ0) is 48.8. The molecule has 15 nitrogen and oxygen atoms in total. The van der Waals surface area contributed by atoms with E-state index in [1.165, 1.54) is 20.9 Å². The summed E-state index contributed by atoms with van der Waals surface area (Å²) < 4.78 is 0. The Hall–Kier alpha value is -6.87. The molecule has 0 saturated carbocycles. The number of aryl methyl sites for hydroxylation is 2. The molecule has 7 amide bonds. The van der Waals surface area contributed by atoms with Gasteiger partial charge in [0.05, 0.1) is 31.7 Å². The average Bonchev–Trinajstić information content (AvgIpc) is 3.37. The Labute approximate surface area is 404 Å². The number of nitrogens with zero attached hydrogens (tertiary/aromatic N) is 4. The number of nitrogens with one attached hydrogen (secondary N) is 4. The molecule has 4 aromatic carbocycles. The molecule has 0 radical (unpaired) electrons. The zero-order valence-electron chi connectivity index (χ0n) is 40.0. The van der Waals surface area contributed by atoms with E-state index in [2.05, 4.69) is 33.4 Å². The second kappa shape index (κ2) is 21.2. The van der Waals surface area contributed by atoms with Gasteiger partial charge in [-0.2, -0.15) is 0 Å². The van der Waals surface area contributed by atoms with Crippen LogP contribution in [0.1, 0.15) is 102 Å². The van der Waals surface area contributed by atoms with Crippen LogP contribution >= 0.6 is 0 Å². The minimum Gasteiger partial charge on any atom is -0.347 e. The first-order valence-electron chi connectivity index (χ1n) is 24.2. The number of hydrogen-bond donors (Lipinski definition) is 4. The Bertz CT molecular complexity index is 2560. The summed E-state index contributed by atoms with van der Waals surface area (Å²) in [4.78, 5) is 102. The third-order valence-electron chi connectivity index (χ3n) is 14.1. The highest BCUT2D eigenvalue weighted by Crippen LogP contribution is 2.32. The number of carbonyl (C=O) groups excluding carboxylic acids is 7. The second-order valence-electron chi connectivity index (χ2n) is 19.8. The van der Waals surface area contributed by atoms with Crippen molar-refractivity contribution in [3.63, 3.8) is 0 Å². The number of likely N-dealkylation sites (N-methyl/N-ethyl adjacent to an activating group) is 1. The summed E-state index contributed by atoms with van der Waals surface area (Å²) >= 11 is 0. The fraction of sp³-hybridized carbons (Fsp3) is 0.426. The smallest absolute Gasteiger partial charge is 0.253 e. The molecule has 0 aromatic heterocycles. The molecule has 0 spiro atoms. The van der Waals surface area contributed by atoms with Gasteiger partial charge in [0.25, 0.3) is 11.8 Å². The highest BCUT2D eigenvalue weighted by atomic mass is 16.2. The van der Waals surface area contributed by atoms with Crippen molar-refractivity contribution in [2.45, 2.75) is 89.5 Å². The van der Waals surface area contributed by atoms with Crippen LogP contribution in [-0.4, -0.2) is 132 Å². The molecular formula is C54H64N8O7. The number of benzene rings is 4. The van der Waals surface area contributed by atoms with Gasteiger partial charge in [0.1, 0.15) is 18.1 Å². The summed E-state index contributed by atoms with van der Waals surface area (Å²) in [5.74, 6) is -1.87. The first kappa shape index (κ1) is 48.6. The van der Waals surface area contributed by atoms with Crippen LogP contribution in [0.5, 0.6) is 0 Å². The predicted molar refractivity (Wildman–Crippen MR) is 262 cm³/mol. The lowest BCUT2D eigenvalue weighted by atomic mass is 9.85. The standard InChI is InChI=1S/C54H64N8O7/c1-54(2,3)48(58-47(64)31-55-4)53(69)62-30-29-60(33-46(62)50(66)57-44-18-10-14-38-12-6-8-16-42(38)44)52(68)40-25-21-36(22-26-40)35-19-23-39(24-20-35)51(67)59-27-28-61(34-63)45(32-59)49(65)56-43-17-9-13-37-11-5-7-15-41(37)43/h5-8,11-12,15-16,19-26,34,43-46,48,55H,9-10,13-14,17-18,27-33H2,1-4H3,(H,56,65)(H,57,66)(H,58,64). The van der Waals surface area contributed by atoms with Crippen molar-refractivity contribution in [3.05, 3.63) is 130 Å². The minimum absolute atomic E-state index is 0.0266. The van der Waals surface area contributed by atoms with Crippen molar-refractivity contribution in [2.75, 3.05) is 52.9 Å². The molecule has 8 rings (SSSR count). The van der Waals surface area contributed by atoms with Gasteiger partial charge < -0.3 is 40.9 Å². The highest BCUT2D eigenvalue weighted by molar-refractivity contribution is 5.98. The Morgan fingerprint density at radius 3 is 1.61 bits per heavy atom. The molecule has 4 aromatic rings. The van der Waals surface area contributed by atoms with Crippen molar-refractivity contribution in [1.82, 2.24) is 40.9 Å². The topological polar surface area (TPSA) is 181 Å². The molecule has 362 valence electrons. The minimum atomic E-state index is -1.01. The van der Waals surface area contributed by atoms with Crippen LogP contribution in [-0.2, 0) is 36.8 Å². The maximum Gasteiger partial charge on any atom is 0.253 e. The number of piperazine rings is 2. The Kier molecular flexibility index (Phi) is 14.9. The van der Waals surface area contributed by atoms with Crippen LogP contribution in [0.3, 0.4) is 0 Å². The van der Waals surface area contributed by atoms with Crippen LogP contribution < -0.4 is 21.3 Å². The van der Waals surface area contributed by atoms with Gasteiger partial charge >= 0.3 is 0 Å². The molecule has 5 unspecified atom stereocenters. The third kappa shape index (κ3) is 10.9. The molecule has 69 heavy (non-hydrogen) atoms. The molecule has 15 heteroatoms. The van der Waals surface area contributed by atoms with Gasteiger partial charge in [-0.15, -0.1) is 0 Å². The largest absolute Gasteiger partial charge is 0.347 e. The fourth-order valence-electron chi connectivity index (χ4n) is 10.3. The van der Waals surface area contributed by atoms with E-state index in [0.717, 1.165) is 60.8 Å². The lowest BCUT2D eigenvalue weighted by Crippen LogP contribution is -2.66. The number of fused-ring (bicyclic) bond motifs is 2. The van der Waals surface area contributed by atoms with Crippen molar-refractivity contribution in [3.8, 4) is 11.1 Å². The summed E-state index contributed by atoms with van der Waals surface area (Å²) in [6.07, 6.45) is 5.98. The quantitative estimate of drug-likeness (QED) is 0.151. The molecule has 2 aliphatic carbocycles. The number of amides is 7. The van der Waals surface area contributed by atoms with E-state index >= 15 is 0 Å². The van der Waals surface area contributed by atoms with E-state index in [9.17, 15) is 33.6 Å². The molecule has 2 aliphatic heterocycles. The number of hydrogen-bond acceptors (Lipinski definition) is 8. The van der Waals surface area contributed by atoms with Crippen molar-refractivity contribution in [2.24, 2.45) is 5.41 Å². The van der Waals surface area contributed by atoms with E-state index in [-0.39, 0.29) is 86.8 Å². The normalized spacial score (nSPS) is 20.7. The SMILES string of the molecule is CNCC(=O)NC(C(=O)N1CCN(C(=O)c2ccc(-c3ccc(C(=O)N4CCN(C=O)C(C(=O)NC5CCCc6ccccc65)C4)cc3)cc2)CC1C(=O)NC1CCCc2ccccc21)C(C)(C)C. The number of carbonyl (C=O) groups is 7. The Balaban J connectivity index is 0.935. The van der Waals surface area contributed by atoms with Gasteiger partial charge in [-0.3, -0.25) is 33.6 Å². The van der Waals surface area contributed by atoms with Crippen LogP contribution in [0.25, 0.3) is 11.1 Å². The van der Waals surface area contributed by atoms with Crippen LogP contribution in [0.2, 0.25) is 0 Å². The monoisotopic (exact) mass is 936 g/mol. The van der Waals surface area contributed by atoms with Gasteiger partial charge in [-0.25, -0.2) is 0 Å². The predicted octanol–water partition coefficient (Wildman–Crippen LogP) is 4.43. The maximum absolute atomic E-state index is 14.5. The molecule has 4 aliphatic rings. The molecule has 2 fully saturated rings. The van der Waals surface area contributed by atoms with Gasteiger partial charge in [-0.1, -0.05) is 93.6 Å². The van der Waals surface area contributed by atoms with E-state index in [1.54, 1.807) is 41.1 Å². The summed E-state index contributed by atoms with van der Waals surface area (Å²) in [6, 6.07) is 27.3. The Morgan fingerprint density at radius 1 is 0.638 bits per heavy atom. The van der Waals surface area contributed by atoms with E-state index in [0.29, 0.717) is 24.1 Å². The van der Waals surface area contributed by atoms with Crippen LogP contribution in [0.4, 0.5) is 0 Å². The lowest BCUT2D eigenvalue weighted by Gasteiger charge is -2.44. The van der Waals surface area contributed by atoms with Crippen LogP contribution in [0.15, 0.2) is 97.1 Å². The molecular weight excluding hydrogens is 873 g/mol. The Morgan fingerprint density at radius 2 is 1.12 bits per heavy atom. The average molecular weight is 937 g/mol. The van der Waals surface area contributed by atoms with Gasteiger partial charge in [0, 0.05) is 37.3 Å². The molecule has 2 saturated heterocycles. The van der Waals surface area contributed by atoms with Crippen molar-refractivity contribution in [1.29, 1.82) is 0 Å². The van der Waals surface area contributed by atoms with E-state index in [4.69, 9.17) is 0 Å². The van der Waals surface area contributed by atoms with E-state index in [1.807, 2.05) is 81.4 Å². The molecule has 5 atom stereocenters. The summed E-state index contributed by atoms with van der Waals surface area (Å²) in [7, 11) is 1.65. The van der Waals surface area contributed by atoms with Gasteiger partial charge in [0.15, 0.2) is 0 Å². The summed E-state index contributed by atoms with van der Waals surface area (Å²) in [5.41, 5.74) is 6.38. The maximum atomic E-state index is 14.5. The van der Waals surface area contributed by atoms with Crippen molar-refractivity contribution < 1.29 is 33.6 Å². The molecule has 0 bridgehead atoms. The highest BCUT2D eigenvalue weighted by Gasteiger charge is 2.44. The lowest BCUT2D eigenvalue weighted by molar-refractivity contribution is -0.148. The van der Waals surface area contributed by atoms with Gasteiger partial charge in [-0.05, 0) is 109 Å². The molecule has 4 N–H and O–H groups in total. The zero-order valence-corrected chi connectivity index (χ0v) is 40.0. The first-order valence-corrected chi connectivity index (χ1v) is 24.2. The summed E-state index contributed by atoms with van der Waals surface area (Å²) in [6.45, 7) is 6.49. The third-order valence-corrected chi connectivity index (χ3v) is 14.1. The summed E-state index contributed by atoms with van der Waals surface area (Å²) in [5, 5.41) is 12.1. The molecule has 2 heterocycles. The second-order valence-corrected chi connectivity index (χ2v) is 19.8. The van der Waals surface area contributed by atoms with Crippen molar-refractivity contribution >= 4 is 41.9 Å². The fourth-order valence-corrected chi connectivity index (χ4v) is 10.3.